The summed E-state index contributed by atoms with van der Waals surface area (Å²) in [6.07, 6.45) is 7.40. The lowest BCUT2D eigenvalue weighted by Crippen LogP contribution is -2.24. The summed E-state index contributed by atoms with van der Waals surface area (Å²) >= 11 is 0. The minimum Gasteiger partial charge on any atom is -0.264 e. The van der Waals surface area contributed by atoms with Crippen LogP contribution in [-0.4, -0.2) is 4.98 Å². The monoisotopic (exact) mass is 327 g/mol. The molecule has 2 atom stereocenters. The summed E-state index contributed by atoms with van der Waals surface area (Å²) < 4.78 is 0. The van der Waals surface area contributed by atoms with Gasteiger partial charge in [0.25, 0.3) is 0 Å². The van der Waals surface area contributed by atoms with Crippen molar-refractivity contribution in [1.82, 2.24) is 4.98 Å². The van der Waals surface area contributed by atoms with Gasteiger partial charge in [-0.3, -0.25) is 4.98 Å². The smallest absolute Gasteiger partial charge is 0.0346 e. The van der Waals surface area contributed by atoms with Crippen LogP contribution >= 0.6 is 0 Å². The molecular formula is C24H25N. The van der Waals surface area contributed by atoms with Gasteiger partial charge >= 0.3 is 0 Å². The molecule has 0 spiro atoms. The van der Waals surface area contributed by atoms with E-state index in [1.54, 1.807) is 0 Å². The Bertz CT molecular complexity index is 854. The van der Waals surface area contributed by atoms with Crippen LogP contribution in [0.5, 0.6) is 0 Å². The Labute approximate surface area is 150 Å². The minimum absolute atomic E-state index is 0.142. The molecule has 1 aliphatic carbocycles. The largest absolute Gasteiger partial charge is 0.264 e. The van der Waals surface area contributed by atoms with Gasteiger partial charge in [0.1, 0.15) is 0 Å². The summed E-state index contributed by atoms with van der Waals surface area (Å²) in [6.45, 7) is 4.68. The third-order valence-corrected chi connectivity index (χ3v) is 5.75. The lowest BCUT2D eigenvalue weighted by Gasteiger charge is -2.32. The predicted molar refractivity (Wildman–Crippen MR) is 105 cm³/mol. The standard InChI is InChI=1S/C24H25N/c1-3-13-24(21-9-5-4-6-10-21)16-18(2)22-12-11-19(15-23(22)24)20-8-7-14-25-17-20/h4-12,14-15,17-18H,3,13,16H2,1-2H3. The first kappa shape index (κ1) is 16.1. The van der Waals surface area contributed by atoms with Crippen molar-refractivity contribution in [1.29, 1.82) is 0 Å². The van der Waals surface area contributed by atoms with E-state index in [0.717, 1.165) is 0 Å². The summed E-state index contributed by atoms with van der Waals surface area (Å²) in [4.78, 5) is 4.30. The van der Waals surface area contributed by atoms with Gasteiger partial charge in [0.15, 0.2) is 0 Å². The van der Waals surface area contributed by atoms with E-state index < -0.39 is 0 Å². The van der Waals surface area contributed by atoms with E-state index in [2.05, 4.69) is 73.4 Å². The Morgan fingerprint density at radius 1 is 1.00 bits per heavy atom. The summed E-state index contributed by atoms with van der Waals surface area (Å²) in [5, 5.41) is 0. The molecule has 1 aliphatic rings. The molecule has 0 radical (unpaired) electrons. The van der Waals surface area contributed by atoms with Gasteiger partial charge in [-0.1, -0.05) is 68.8 Å². The Kier molecular flexibility index (Phi) is 4.17. The SMILES string of the molecule is CCCC1(c2ccccc2)CC(C)c2ccc(-c3cccnc3)cc21. The van der Waals surface area contributed by atoms with Crippen LogP contribution in [0.2, 0.25) is 0 Å². The van der Waals surface area contributed by atoms with Crippen molar-refractivity contribution in [2.75, 3.05) is 0 Å². The van der Waals surface area contributed by atoms with Crippen LogP contribution < -0.4 is 0 Å². The Balaban J connectivity index is 1.90. The second kappa shape index (κ2) is 6.48. The summed E-state index contributed by atoms with van der Waals surface area (Å²) in [7, 11) is 0. The van der Waals surface area contributed by atoms with Gasteiger partial charge in [-0.2, -0.15) is 0 Å². The summed E-state index contributed by atoms with van der Waals surface area (Å²) in [5.41, 5.74) is 7.12. The number of benzene rings is 2. The lowest BCUT2D eigenvalue weighted by molar-refractivity contribution is 0.441. The molecule has 3 aromatic rings. The van der Waals surface area contributed by atoms with E-state index in [0.29, 0.717) is 5.92 Å². The average Bonchev–Trinajstić information content (AvgIpc) is 2.96. The molecule has 0 bridgehead atoms. The normalized spacial score (nSPS) is 21.9. The Morgan fingerprint density at radius 3 is 2.56 bits per heavy atom. The molecule has 0 saturated carbocycles. The molecule has 1 heterocycles. The van der Waals surface area contributed by atoms with Gasteiger partial charge in [0.2, 0.25) is 0 Å². The van der Waals surface area contributed by atoms with Crippen molar-refractivity contribution in [3.05, 3.63) is 89.7 Å². The van der Waals surface area contributed by atoms with Crippen molar-refractivity contribution in [3.63, 3.8) is 0 Å². The van der Waals surface area contributed by atoms with Gasteiger partial charge in [0, 0.05) is 17.8 Å². The highest BCUT2D eigenvalue weighted by molar-refractivity contribution is 5.66. The molecular weight excluding hydrogens is 302 g/mol. The molecule has 0 saturated heterocycles. The van der Waals surface area contributed by atoms with Crippen LogP contribution in [0, 0.1) is 0 Å². The van der Waals surface area contributed by atoms with Crippen LogP contribution in [0.3, 0.4) is 0 Å². The molecule has 0 amide bonds. The zero-order valence-corrected chi connectivity index (χ0v) is 15.1. The number of aromatic nitrogens is 1. The highest BCUT2D eigenvalue weighted by Crippen LogP contribution is 2.53. The third kappa shape index (κ3) is 2.68. The fourth-order valence-electron chi connectivity index (χ4n) is 4.69. The number of rotatable bonds is 4. The molecule has 2 aromatic carbocycles. The third-order valence-electron chi connectivity index (χ3n) is 5.75. The molecule has 0 fully saturated rings. The van der Waals surface area contributed by atoms with Gasteiger partial charge in [-0.05, 0) is 58.7 Å². The maximum absolute atomic E-state index is 4.30. The molecule has 1 aromatic heterocycles. The van der Waals surface area contributed by atoms with Crippen LogP contribution in [0.15, 0.2) is 73.1 Å². The molecule has 1 heteroatoms. The van der Waals surface area contributed by atoms with Crippen molar-refractivity contribution in [3.8, 4) is 11.1 Å². The topological polar surface area (TPSA) is 12.9 Å². The molecule has 0 N–H and O–H groups in total. The van der Waals surface area contributed by atoms with Gasteiger partial charge in [-0.25, -0.2) is 0 Å². The maximum atomic E-state index is 4.30. The highest BCUT2D eigenvalue weighted by Gasteiger charge is 2.42. The zero-order valence-electron chi connectivity index (χ0n) is 15.1. The van der Waals surface area contributed by atoms with Crippen LogP contribution in [0.25, 0.3) is 11.1 Å². The quantitative estimate of drug-likeness (QED) is 0.544. The fourth-order valence-corrected chi connectivity index (χ4v) is 4.69. The second-order valence-electron chi connectivity index (χ2n) is 7.35. The summed E-state index contributed by atoms with van der Waals surface area (Å²) in [6, 6.07) is 22.3. The number of hydrogen-bond donors (Lipinski definition) is 0. The maximum Gasteiger partial charge on any atom is 0.0346 e. The molecule has 25 heavy (non-hydrogen) atoms. The van der Waals surface area contributed by atoms with Crippen LogP contribution in [0.1, 0.15) is 55.7 Å². The number of fused-ring (bicyclic) bond motifs is 1. The molecule has 1 nitrogen and oxygen atoms in total. The highest BCUT2D eigenvalue weighted by atomic mass is 14.6. The Morgan fingerprint density at radius 2 is 1.84 bits per heavy atom. The van der Waals surface area contributed by atoms with Crippen molar-refractivity contribution < 1.29 is 0 Å². The number of hydrogen-bond acceptors (Lipinski definition) is 1. The molecule has 126 valence electrons. The van der Waals surface area contributed by atoms with Gasteiger partial charge in [-0.15, -0.1) is 0 Å². The van der Waals surface area contributed by atoms with E-state index in [1.165, 1.54) is 47.1 Å². The molecule has 2 unspecified atom stereocenters. The minimum atomic E-state index is 0.142. The first-order valence-corrected chi connectivity index (χ1v) is 9.35. The van der Waals surface area contributed by atoms with E-state index in [4.69, 9.17) is 0 Å². The van der Waals surface area contributed by atoms with Gasteiger partial charge < -0.3 is 0 Å². The van der Waals surface area contributed by atoms with Crippen molar-refractivity contribution in [2.45, 2.75) is 44.4 Å². The molecule has 4 rings (SSSR count). The van der Waals surface area contributed by atoms with Crippen molar-refractivity contribution in [2.24, 2.45) is 0 Å². The number of pyridine rings is 1. The lowest BCUT2D eigenvalue weighted by atomic mass is 9.71. The Hall–Kier alpha value is -2.41. The van der Waals surface area contributed by atoms with E-state index in [9.17, 15) is 0 Å². The van der Waals surface area contributed by atoms with E-state index in [1.807, 2.05) is 18.5 Å². The second-order valence-corrected chi connectivity index (χ2v) is 7.35. The average molecular weight is 327 g/mol. The van der Waals surface area contributed by atoms with Crippen LogP contribution in [0.4, 0.5) is 0 Å². The van der Waals surface area contributed by atoms with Crippen molar-refractivity contribution >= 4 is 0 Å². The fraction of sp³-hybridized carbons (Fsp3) is 0.292. The molecule has 0 aliphatic heterocycles. The first-order valence-electron chi connectivity index (χ1n) is 9.35. The zero-order chi connectivity index (χ0) is 17.3. The predicted octanol–water partition coefficient (Wildman–Crippen LogP) is 6.34. The van der Waals surface area contributed by atoms with E-state index >= 15 is 0 Å². The van der Waals surface area contributed by atoms with Gasteiger partial charge in [0.05, 0.1) is 0 Å². The van der Waals surface area contributed by atoms with E-state index in [-0.39, 0.29) is 5.41 Å². The summed E-state index contributed by atoms with van der Waals surface area (Å²) in [5.74, 6) is 0.602. The first-order chi connectivity index (χ1) is 12.2. The van der Waals surface area contributed by atoms with Crippen LogP contribution in [-0.2, 0) is 5.41 Å². The number of nitrogens with zero attached hydrogens (tertiary/aromatic N) is 1.